The molecule has 1 aromatic rings. The van der Waals surface area contributed by atoms with Gasteiger partial charge in [0.05, 0.1) is 0 Å². The van der Waals surface area contributed by atoms with Gasteiger partial charge in [0.2, 0.25) is 5.89 Å². The Bertz CT molecular complexity index is 293. The van der Waals surface area contributed by atoms with Gasteiger partial charge in [0.25, 0.3) is 0 Å². The number of hydrogen-bond acceptors (Lipinski definition) is 4. The van der Waals surface area contributed by atoms with E-state index in [2.05, 4.69) is 17.1 Å². The first kappa shape index (κ1) is 9.65. The van der Waals surface area contributed by atoms with Crippen molar-refractivity contribution in [3.05, 3.63) is 11.7 Å². The van der Waals surface area contributed by atoms with Crippen LogP contribution in [0.5, 0.6) is 0 Å². The minimum atomic E-state index is 0.292. The normalized spacial score (nSPS) is 18.4. The molecule has 0 spiro atoms. The monoisotopic (exact) mass is 195 g/mol. The lowest BCUT2D eigenvalue weighted by atomic mass is 10.1. The Hall–Kier alpha value is -0.900. The molecule has 1 unspecified atom stereocenters. The van der Waals surface area contributed by atoms with E-state index in [0.717, 1.165) is 30.5 Å². The molecule has 2 N–H and O–H groups in total. The summed E-state index contributed by atoms with van der Waals surface area (Å²) in [5.74, 6) is 2.71. The van der Waals surface area contributed by atoms with Crippen molar-refractivity contribution < 1.29 is 4.52 Å². The van der Waals surface area contributed by atoms with Crippen LogP contribution in [0.15, 0.2) is 4.52 Å². The van der Waals surface area contributed by atoms with Crippen LogP contribution >= 0.6 is 0 Å². The fourth-order valence-corrected chi connectivity index (χ4v) is 1.50. The van der Waals surface area contributed by atoms with Crippen molar-refractivity contribution in [2.24, 2.45) is 11.7 Å². The average molecular weight is 195 g/mol. The molecule has 0 aliphatic heterocycles. The van der Waals surface area contributed by atoms with Gasteiger partial charge in [0, 0.05) is 12.3 Å². The summed E-state index contributed by atoms with van der Waals surface area (Å²) in [5, 5.41) is 3.97. The summed E-state index contributed by atoms with van der Waals surface area (Å²) in [6.45, 7) is 2.74. The lowest BCUT2D eigenvalue weighted by molar-refractivity contribution is 0.350. The zero-order valence-corrected chi connectivity index (χ0v) is 8.57. The molecule has 2 rings (SSSR count). The molecule has 0 bridgehead atoms. The Kier molecular flexibility index (Phi) is 2.82. The third-order valence-corrected chi connectivity index (χ3v) is 2.67. The van der Waals surface area contributed by atoms with Gasteiger partial charge in [0.15, 0.2) is 5.82 Å². The molecule has 78 valence electrons. The first-order valence-corrected chi connectivity index (χ1v) is 5.32. The highest BCUT2D eigenvalue weighted by molar-refractivity contribution is 4.95. The largest absolute Gasteiger partial charge is 0.339 e. The van der Waals surface area contributed by atoms with Crippen molar-refractivity contribution in [1.82, 2.24) is 10.1 Å². The molecular formula is C10H17N3O. The maximum absolute atomic E-state index is 5.47. The van der Waals surface area contributed by atoms with Gasteiger partial charge in [-0.05, 0) is 31.7 Å². The fraction of sp³-hybridized carbons (Fsp3) is 0.800. The summed E-state index contributed by atoms with van der Waals surface area (Å²) < 4.78 is 5.19. The highest BCUT2D eigenvalue weighted by Gasteiger charge is 2.24. The van der Waals surface area contributed by atoms with E-state index in [1.807, 2.05) is 0 Å². The minimum Gasteiger partial charge on any atom is -0.339 e. The maximum atomic E-state index is 5.47. The average Bonchev–Trinajstić information content (AvgIpc) is 2.82. The summed E-state index contributed by atoms with van der Waals surface area (Å²) >= 11 is 0. The zero-order valence-electron chi connectivity index (χ0n) is 8.57. The molecule has 1 aromatic heterocycles. The van der Waals surface area contributed by atoms with Gasteiger partial charge in [-0.15, -0.1) is 0 Å². The van der Waals surface area contributed by atoms with Crippen LogP contribution in [0, 0.1) is 5.92 Å². The molecule has 0 amide bonds. The second kappa shape index (κ2) is 4.09. The standard InChI is InChI=1S/C10H17N3O/c1-7(4-5-11)10-12-9(13-14-10)6-8-2-3-8/h7-8H,2-6,11H2,1H3. The van der Waals surface area contributed by atoms with Crippen molar-refractivity contribution in [3.8, 4) is 0 Å². The van der Waals surface area contributed by atoms with Gasteiger partial charge >= 0.3 is 0 Å². The first-order valence-electron chi connectivity index (χ1n) is 5.32. The molecule has 1 heterocycles. The summed E-state index contributed by atoms with van der Waals surface area (Å²) in [4.78, 5) is 4.38. The third-order valence-electron chi connectivity index (χ3n) is 2.67. The van der Waals surface area contributed by atoms with Gasteiger partial charge in [0.1, 0.15) is 0 Å². The first-order chi connectivity index (χ1) is 6.79. The van der Waals surface area contributed by atoms with Gasteiger partial charge in [-0.1, -0.05) is 12.1 Å². The van der Waals surface area contributed by atoms with E-state index in [4.69, 9.17) is 10.3 Å². The van der Waals surface area contributed by atoms with E-state index in [9.17, 15) is 0 Å². The molecule has 1 aliphatic carbocycles. The molecule has 1 atom stereocenters. The Morgan fingerprint density at radius 2 is 2.36 bits per heavy atom. The van der Waals surface area contributed by atoms with Gasteiger partial charge in [-0.2, -0.15) is 4.98 Å². The van der Waals surface area contributed by atoms with E-state index in [-0.39, 0.29) is 0 Å². The van der Waals surface area contributed by atoms with E-state index in [0.29, 0.717) is 12.5 Å². The van der Waals surface area contributed by atoms with Gasteiger partial charge in [-0.25, -0.2) is 0 Å². The fourth-order valence-electron chi connectivity index (χ4n) is 1.50. The molecule has 4 heteroatoms. The van der Waals surface area contributed by atoms with Crippen molar-refractivity contribution >= 4 is 0 Å². The Balaban J connectivity index is 1.93. The molecule has 1 aliphatic rings. The quantitative estimate of drug-likeness (QED) is 0.772. The van der Waals surface area contributed by atoms with Crippen LogP contribution in [0.3, 0.4) is 0 Å². The van der Waals surface area contributed by atoms with Crippen LogP contribution in [0.2, 0.25) is 0 Å². The van der Waals surface area contributed by atoms with E-state index >= 15 is 0 Å². The van der Waals surface area contributed by atoms with Crippen LogP contribution in [-0.2, 0) is 6.42 Å². The molecule has 14 heavy (non-hydrogen) atoms. The predicted octanol–water partition coefficient (Wildman–Crippen LogP) is 1.47. The lowest BCUT2D eigenvalue weighted by Gasteiger charge is -2.01. The van der Waals surface area contributed by atoms with Crippen LogP contribution in [0.25, 0.3) is 0 Å². The minimum absolute atomic E-state index is 0.292. The molecule has 0 saturated heterocycles. The Morgan fingerprint density at radius 1 is 1.57 bits per heavy atom. The summed E-state index contributed by atoms with van der Waals surface area (Å²) in [5.41, 5.74) is 5.47. The van der Waals surface area contributed by atoms with Crippen LogP contribution in [0.1, 0.15) is 43.8 Å². The smallest absolute Gasteiger partial charge is 0.229 e. The van der Waals surface area contributed by atoms with E-state index in [1.54, 1.807) is 0 Å². The topological polar surface area (TPSA) is 64.9 Å². The molecule has 4 nitrogen and oxygen atoms in total. The summed E-state index contributed by atoms with van der Waals surface area (Å²) in [6, 6.07) is 0. The predicted molar refractivity (Wildman–Crippen MR) is 52.8 cm³/mol. The van der Waals surface area contributed by atoms with Crippen molar-refractivity contribution in [2.75, 3.05) is 6.54 Å². The second-order valence-corrected chi connectivity index (χ2v) is 4.17. The molecule has 1 fully saturated rings. The van der Waals surface area contributed by atoms with E-state index < -0.39 is 0 Å². The number of hydrogen-bond donors (Lipinski definition) is 1. The molecule has 0 aromatic carbocycles. The number of nitrogens with zero attached hydrogens (tertiary/aromatic N) is 2. The van der Waals surface area contributed by atoms with Gasteiger partial charge < -0.3 is 10.3 Å². The zero-order chi connectivity index (χ0) is 9.97. The second-order valence-electron chi connectivity index (χ2n) is 4.17. The molecule has 1 saturated carbocycles. The summed E-state index contributed by atoms with van der Waals surface area (Å²) in [7, 11) is 0. The highest BCUT2D eigenvalue weighted by atomic mass is 16.5. The molecular weight excluding hydrogens is 178 g/mol. The maximum Gasteiger partial charge on any atom is 0.229 e. The number of nitrogens with two attached hydrogens (primary N) is 1. The highest BCUT2D eigenvalue weighted by Crippen LogP contribution is 2.32. The summed E-state index contributed by atoms with van der Waals surface area (Å²) in [6.07, 6.45) is 4.54. The van der Waals surface area contributed by atoms with Gasteiger partial charge in [-0.3, -0.25) is 0 Å². The lowest BCUT2D eigenvalue weighted by Crippen LogP contribution is -2.04. The van der Waals surface area contributed by atoms with E-state index in [1.165, 1.54) is 12.8 Å². The van der Waals surface area contributed by atoms with Crippen molar-refractivity contribution in [3.63, 3.8) is 0 Å². The Labute approximate surface area is 83.9 Å². The van der Waals surface area contributed by atoms with Crippen LogP contribution in [0.4, 0.5) is 0 Å². The van der Waals surface area contributed by atoms with Crippen LogP contribution in [-0.4, -0.2) is 16.7 Å². The number of rotatable bonds is 5. The van der Waals surface area contributed by atoms with Crippen molar-refractivity contribution in [1.29, 1.82) is 0 Å². The van der Waals surface area contributed by atoms with Crippen molar-refractivity contribution in [2.45, 2.75) is 38.5 Å². The van der Waals surface area contributed by atoms with Crippen LogP contribution < -0.4 is 5.73 Å². The number of aromatic nitrogens is 2. The SMILES string of the molecule is CC(CCN)c1nc(CC2CC2)no1. The third kappa shape index (κ3) is 2.32. The molecule has 0 radical (unpaired) electrons. The Morgan fingerprint density at radius 3 is 3.00 bits per heavy atom.